The zero-order chi connectivity index (χ0) is 14.8. The lowest BCUT2D eigenvalue weighted by Crippen LogP contribution is -2.56. The number of anilines is 1. The second-order valence-corrected chi connectivity index (χ2v) is 6.70. The van der Waals surface area contributed by atoms with Crippen LogP contribution in [-0.2, 0) is 9.53 Å². The van der Waals surface area contributed by atoms with Gasteiger partial charge in [-0.1, -0.05) is 11.8 Å². The number of hydrogen-bond acceptors (Lipinski definition) is 6. The Bertz CT molecular complexity index is 533. The smallest absolute Gasteiger partial charge is 0.229 e. The van der Waals surface area contributed by atoms with Crippen LogP contribution < -0.4 is 4.90 Å². The maximum atomic E-state index is 12.4. The van der Waals surface area contributed by atoms with Gasteiger partial charge in [0.05, 0.1) is 23.6 Å². The van der Waals surface area contributed by atoms with Crippen molar-refractivity contribution in [3.05, 3.63) is 10.7 Å². The highest BCUT2D eigenvalue weighted by molar-refractivity contribution is 9.10. The van der Waals surface area contributed by atoms with Crippen LogP contribution in [0, 0.1) is 5.92 Å². The molecule has 6 nitrogen and oxygen atoms in total. The van der Waals surface area contributed by atoms with E-state index in [0.717, 1.165) is 28.5 Å². The van der Waals surface area contributed by atoms with Crippen LogP contribution in [0.5, 0.6) is 0 Å². The van der Waals surface area contributed by atoms with Crippen molar-refractivity contribution in [2.75, 3.05) is 50.5 Å². The molecule has 3 rings (SSSR count). The number of aromatic nitrogens is 2. The number of rotatable bonds is 3. The third-order valence-electron chi connectivity index (χ3n) is 3.74. The van der Waals surface area contributed by atoms with Gasteiger partial charge in [-0.25, -0.2) is 9.97 Å². The molecule has 0 unspecified atom stereocenters. The Kier molecular flexibility index (Phi) is 4.66. The first-order valence-corrected chi connectivity index (χ1v) is 8.89. The summed E-state index contributed by atoms with van der Waals surface area (Å²) in [5.74, 6) is 1.19. The Morgan fingerprint density at radius 1 is 1.43 bits per heavy atom. The van der Waals surface area contributed by atoms with Crippen molar-refractivity contribution in [1.82, 2.24) is 14.9 Å². The quantitative estimate of drug-likeness (QED) is 0.587. The lowest BCUT2D eigenvalue weighted by molar-refractivity contribution is -0.140. The first kappa shape index (κ1) is 15.1. The SMILES string of the molecule is CSc1ncc(Br)c(N2CC(C(=O)N3CCOCC3)C2)n1. The van der Waals surface area contributed by atoms with Crippen LogP contribution in [0.15, 0.2) is 15.8 Å². The zero-order valence-corrected chi connectivity index (χ0v) is 14.2. The first-order valence-electron chi connectivity index (χ1n) is 6.87. The molecule has 2 aliphatic heterocycles. The average Bonchev–Trinajstić information content (AvgIpc) is 2.48. The van der Waals surface area contributed by atoms with E-state index in [9.17, 15) is 4.79 Å². The van der Waals surface area contributed by atoms with Crippen LogP contribution in [0.2, 0.25) is 0 Å². The second kappa shape index (κ2) is 6.50. The van der Waals surface area contributed by atoms with Crippen molar-refractivity contribution in [1.29, 1.82) is 0 Å². The van der Waals surface area contributed by atoms with E-state index < -0.39 is 0 Å². The summed E-state index contributed by atoms with van der Waals surface area (Å²) in [7, 11) is 0. The predicted octanol–water partition coefficient (Wildman–Crippen LogP) is 1.26. The number of amides is 1. The van der Waals surface area contributed by atoms with Crippen LogP contribution >= 0.6 is 27.7 Å². The van der Waals surface area contributed by atoms with Crippen LogP contribution in [0.25, 0.3) is 0 Å². The van der Waals surface area contributed by atoms with Crippen molar-refractivity contribution >= 4 is 39.4 Å². The standard InChI is InChI=1S/C13H17BrN4O2S/c1-21-13-15-6-10(14)11(16-13)18-7-9(8-18)12(19)17-2-4-20-5-3-17/h6,9H,2-5,7-8H2,1H3. The second-order valence-electron chi connectivity index (χ2n) is 5.07. The fraction of sp³-hybridized carbons (Fsp3) is 0.615. The minimum atomic E-state index is 0.0719. The van der Waals surface area contributed by atoms with Crippen LogP contribution in [0.3, 0.4) is 0 Å². The number of ether oxygens (including phenoxy) is 1. The molecule has 21 heavy (non-hydrogen) atoms. The van der Waals surface area contributed by atoms with E-state index >= 15 is 0 Å². The molecule has 0 spiro atoms. The van der Waals surface area contributed by atoms with Gasteiger partial charge in [0.1, 0.15) is 5.82 Å². The number of hydrogen-bond donors (Lipinski definition) is 0. The highest BCUT2D eigenvalue weighted by Crippen LogP contribution is 2.31. The van der Waals surface area contributed by atoms with Crippen LogP contribution in [0.1, 0.15) is 0 Å². The van der Waals surface area contributed by atoms with Crippen molar-refractivity contribution in [3.8, 4) is 0 Å². The number of carbonyl (C=O) groups excluding carboxylic acids is 1. The molecule has 0 saturated carbocycles. The third-order valence-corrected chi connectivity index (χ3v) is 4.86. The van der Waals surface area contributed by atoms with Gasteiger partial charge >= 0.3 is 0 Å². The van der Waals surface area contributed by atoms with Gasteiger partial charge in [-0.05, 0) is 22.2 Å². The molecule has 1 aromatic heterocycles. The van der Waals surface area contributed by atoms with Gasteiger partial charge in [0, 0.05) is 32.4 Å². The van der Waals surface area contributed by atoms with Gasteiger partial charge in [-0.3, -0.25) is 4.79 Å². The largest absolute Gasteiger partial charge is 0.378 e. The van der Waals surface area contributed by atoms with Crippen molar-refractivity contribution in [2.24, 2.45) is 5.92 Å². The molecule has 0 N–H and O–H groups in total. The number of carbonyl (C=O) groups is 1. The summed E-state index contributed by atoms with van der Waals surface area (Å²) in [5, 5.41) is 0.746. The van der Waals surface area contributed by atoms with Gasteiger partial charge in [0.25, 0.3) is 0 Å². The van der Waals surface area contributed by atoms with Crippen molar-refractivity contribution < 1.29 is 9.53 Å². The lowest BCUT2D eigenvalue weighted by Gasteiger charge is -2.42. The Morgan fingerprint density at radius 2 is 2.14 bits per heavy atom. The monoisotopic (exact) mass is 372 g/mol. The van der Waals surface area contributed by atoms with E-state index in [-0.39, 0.29) is 11.8 Å². The number of nitrogens with zero attached hydrogens (tertiary/aromatic N) is 4. The maximum Gasteiger partial charge on any atom is 0.229 e. The van der Waals surface area contributed by atoms with Crippen LogP contribution in [-0.4, -0.2) is 66.4 Å². The van der Waals surface area contributed by atoms with E-state index in [4.69, 9.17) is 4.74 Å². The summed E-state index contributed by atoms with van der Waals surface area (Å²) < 4.78 is 6.16. The van der Waals surface area contributed by atoms with Gasteiger partial charge in [0.2, 0.25) is 5.91 Å². The Labute approximate surface area is 136 Å². The van der Waals surface area contributed by atoms with Gasteiger partial charge in [-0.15, -0.1) is 0 Å². The maximum absolute atomic E-state index is 12.4. The van der Waals surface area contributed by atoms with Gasteiger partial charge in [0.15, 0.2) is 5.16 Å². The molecule has 0 radical (unpaired) electrons. The highest BCUT2D eigenvalue weighted by Gasteiger charge is 2.37. The van der Waals surface area contributed by atoms with Gasteiger partial charge in [-0.2, -0.15) is 0 Å². The van der Waals surface area contributed by atoms with Crippen molar-refractivity contribution in [2.45, 2.75) is 5.16 Å². The number of halogens is 1. The molecule has 114 valence electrons. The number of morpholine rings is 1. The van der Waals surface area contributed by atoms with E-state index in [1.807, 2.05) is 11.2 Å². The average molecular weight is 373 g/mol. The molecule has 1 aromatic rings. The lowest BCUT2D eigenvalue weighted by atomic mass is 9.98. The summed E-state index contributed by atoms with van der Waals surface area (Å²) in [6.45, 7) is 4.17. The van der Waals surface area contributed by atoms with E-state index in [1.165, 1.54) is 11.8 Å². The molecule has 8 heteroatoms. The normalized spacial score (nSPS) is 19.5. The minimum absolute atomic E-state index is 0.0719. The Morgan fingerprint density at radius 3 is 2.81 bits per heavy atom. The van der Waals surface area contributed by atoms with E-state index in [2.05, 4.69) is 30.8 Å². The van der Waals surface area contributed by atoms with Crippen molar-refractivity contribution in [3.63, 3.8) is 0 Å². The fourth-order valence-corrected chi connectivity index (χ4v) is 3.29. The molecule has 0 atom stereocenters. The molecule has 0 bridgehead atoms. The molecule has 2 saturated heterocycles. The van der Waals surface area contributed by atoms with Crippen LogP contribution in [0.4, 0.5) is 5.82 Å². The summed E-state index contributed by atoms with van der Waals surface area (Å²) in [4.78, 5) is 25.1. The molecule has 0 aromatic carbocycles. The third kappa shape index (κ3) is 3.17. The zero-order valence-electron chi connectivity index (χ0n) is 11.8. The molecular weight excluding hydrogens is 356 g/mol. The predicted molar refractivity (Wildman–Crippen MR) is 84.6 cm³/mol. The highest BCUT2D eigenvalue weighted by atomic mass is 79.9. The summed E-state index contributed by atoms with van der Waals surface area (Å²) >= 11 is 5.00. The Balaban J connectivity index is 1.61. The van der Waals surface area contributed by atoms with E-state index in [1.54, 1.807) is 6.20 Å². The van der Waals surface area contributed by atoms with E-state index in [0.29, 0.717) is 26.3 Å². The molecular formula is C13H17BrN4O2S. The molecule has 2 aliphatic rings. The first-order chi connectivity index (χ1) is 10.2. The molecule has 0 aliphatic carbocycles. The Hall–Kier alpha value is -0.860. The topological polar surface area (TPSA) is 58.6 Å². The molecule has 3 heterocycles. The summed E-state index contributed by atoms with van der Waals surface area (Å²) in [5.41, 5.74) is 0. The molecule has 1 amide bonds. The number of thioether (sulfide) groups is 1. The summed E-state index contributed by atoms with van der Waals surface area (Å²) in [6, 6.07) is 0. The fourth-order valence-electron chi connectivity index (χ4n) is 2.51. The summed E-state index contributed by atoms with van der Waals surface area (Å²) in [6.07, 6.45) is 3.72. The minimum Gasteiger partial charge on any atom is -0.378 e. The van der Waals surface area contributed by atoms with Gasteiger partial charge < -0.3 is 14.5 Å². The molecule has 2 fully saturated rings.